The number of carbonyl (C=O) groups is 1. The molecule has 0 aromatic rings. The van der Waals surface area contributed by atoms with Gasteiger partial charge in [-0.3, -0.25) is 0 Å². The summed E-state index contributed by atoms with van der Waals surface area (Å²) < 4.78 is 5.40. The predicted octanol–water partition coefficient (Wildman–Crippen LogP) is 3.80. The van der Waals surface area contributed by atoms with Gasteiger partial charge in [0, 0.05) is 19.6 Å². The Bertz CT molecular complexity index is 294. The maximum absolute atomic E-state index is 12.0. The molecular weight excluding hydrogens is 264 g/mol. The highest BCUT2D eigenvalue weighted by Crippen LogP contribution is 2.25. The van der Waals surface area contributed by atoms with Gasteiger partial charge in [0.25, 0.3) is 0 Å². The van der Waals surface area contributed by atoms with E-state index < -0.39 is 5.60 Å². The molecule has 1 N–H and O–H groups in total. The quantitative estimate of drug-likeness (QED) is 0.727. The molecule has 1 aliphatic rings. The van der Waals surface area contributed by atoms with Crippen LogP contribution < -0.4 is 5.32 Å². The van der Waals surface area contributed by atoms with Crippen molar-refractivity contribution in [3.8, 4) is 0 Å². The van der Waals surface area contributed by atoms with Gasteiger partial charge in [-0.05, 0) is 46.6 Å². The van der Waals surface area contributed by atoms with Crippen molar-refractivity contribution in [3.05, 3.63) is 0 Å². The average molecular weight is 298 g/mol. The van der Waals surface area contributed by atoms with Crippen molar-refractivity contribution >= 4 is 6.09 Å². The number of amides is 1. The second kappa shape index (κ2) is 9.29. The van der Waals surface area contributed by atoms with Gasteiger partial charge in [0.15, 0.2) is 0 Å². The number of hydrogen-bond acceptors (Lipinski definition) is 3. The number of ether oxygens (including phenoxy) is 1. The van der Waals surface area contributed by atoms with Gasteiger partial charge >= 0.3 is 6.09 Å². The lowest BCUT2D eigenvalue weighted by Gasteiger charge is -2.26. The molecule has 0 saturated heterocycles. The molecule has 1 rings (SSSR count). The predicted molar refractivity (Wildman–Crippen MR) is 87.5 cm³/mol. The molecule has 1 amide bonds. The maximum Gasteiger partial charge on any atom is 0.410 e. The zero-order valence-corrected chi connectivity index (χ0v) is 14.4. The molecule has 124 valence electrons. The van der Waals surface area contributed by atoms with Crippen LogP contribution in [0.2, 0.25) is 0 Å². The molecule has 1 fully saturated rings. The Morgan fingerprint density at radius 2 is 1.86 bits per heavy atom. The van der Waals surface area contributed by atoms with Crippen LogP contribution in [0.3, 0.4) is 0 Å². The van der Waals surface area contributed by atoms with Crippen molar-refractivity contribution in [1.29, 1.82) is 0 Å². The van der Waals surface area contributed by atoms with Gasteiger partial charge in [-0.25, -0.2) is 4.79 Å². The molecule has 0 bridgehead atoms. The van der Waals surface area contributed by atoms with Crippen LogP contribution in [0.25, 0.3) is 0 Å². The minimum absolute atomic E-state index is 0.209. The molecule has 0 spiro atoms. The molecule has 0 heterocycles. The van der Waals surface area contributed by atoms with Crippen molar-refractivity contribution in [2.75, 3.05) is 26.2 Å². The first-order valence-electron chi connectivity index (χ1n) is 8.61. The van der Waals surface area contributed by atoms with Crippen LogP contribution in [-0.4, -0.2) is 42.8 Å². The number of rotatable bonds is 7. The summed E-state index contributed by atoms with van der Waals surface area (Å²) in [5, 5.41) is 3.47. The summed E-state index contributed by atoms with van der Waals surface area (Å²) in [6, 6.07) is 0. The second-order valence-corrected chi connectivity index (χ2v) is 7.10. The average Bonchev–Trinajstić information content (AvgIpc) is 2.42. The van der Waals surface area contributed by atoms with Crippen LogP contribution >= 0.6 is 0 Å². The summed E-state index contributed by atoms with van der Waals surface area (Å²) >= 11 is 0. The largest absolute Gasteiger partial charge is 0.444 e. The number of nitrogens with zero attached hydrogens (tertiary/aromatic N) is 1. The Labute approximate surface area is 130 Å². The first-order valence-corrected chi connectivity index (χ1v) is 8.61. The van der Waals surface area contributed by atoms with E-state index in [1.807, 2.05) is 27.7 Å². The summed E-state index contributed by atoms with van der Waals surface area (Å²) in [5.74, 6) is 0.916. The number of nitrogens with one attached hydrogen (secondary N) is 1. The van der Waals surface area contributed by atoms with Crippen LogP contribution in [-0.2, 0) is 4.74 Å². The van der Waals surface area contributed by atoms with Crippen molar-refractivity contribution in [3.63, 3.8) is 0 Å². The van der Waals surface area contributed by atoms with Gasteiger partial charge in [-0.1, -0.05) is 32.1 Å². The Morgan fingerprint density at radius 1 is 1.19 bits per heavy atom. The van der Waals surface area contributed by atoms with Gasteiger partial charge in [-0.15, -0.1) is 0 Å². The van der Waals surface area contributed by atoms with Crippen LogP contribution in [0.5, 0.6) is 0 Å². The third kappa shape index (κ3) is 8.30. The summed E-state index contributed by atoms with van der Waals surface area (Å²) in [6.45, 7) is 11.0. The Balaban J connectivity index is 2.12. The number of carbonyl (C=O) groups excluding carboxylic acids is 1. The zero-order chi connectivity index (χ0) is 15.7. The highest BCUT2D eigenvalue weighted by atomic mass is 16.6. The summed E-state index contributed by atoms with van der Waals surface area (Å²) in [7, 11) is 0. The summed E-state index contributed by atoms with van der Waals surface area (Å²) in [5.41, 5.74) is -0.418. The van der Waals surface area contributed by atoms with E-state index in [9.17, 15) is 4.79 Å². The number of hydrogen-bond donors (Lipinski definition) is 1. The Kier molecular flexibility index (Phi) is 8.09. The fraction of sp³-hybridized carbons (Fsp3) is 0.941. The van der Waals surface area contributed by atoms with Gasteiger partial charge < -0.3 is 15.0 Å². The second-order valence-electron chi connectivity index (χ2n) is 7.10. The summed E-state index contributed by atoms with van der Waals surface area (Å²) in [4.78, 5) is 13.7. The normalized spacial score (nSPS) is 16.8. The zero-order valence-electron chi connectivity index (χ0n) is 14.4. The van der Waals surface area contributed by atoms with Crippen molar-refractivity contribution in [2.24, 2.45) is 5.92 Å². The van der Waals surface area contributed by atoms with Crippen molar-refractivity contribution < 1.29 is 9.53 Å². The van der Waals surface area contributed by atoms with Gasteiger partial charge in [-0.2, -0.15) is 0 Å². The van der Waals surface area contributed by atoms with E-state index >= 15 is 0 Å². The Morgan fingerprint density at radius 3 is 2.43 bits per heavy atom. The van der Waals surface area contributed by atoms with Gasteiger partial charge in [0.1, 0.15) is 5.60 Å². The minimum Gasteiger partial charge on any atom is -0.444 e. The van der Waals surface area contributed by atoms with Gasteiger partial charge in [0.2, 0.25) is 0 Å². The SMILES string of the molecule is CCN(CCNCCC1CCCCC1)C(=O)OC(C)(C)C. The minimum atomic E-state index is -0.418. The van der Waals surface area contributed by atoms with Crippen LogP contribution in [0.1, 0.15) is 66.2 Å². The molecule has 1 aliphatic carbocycles. The lowest BCUT2D eigenvalue weighted by Crippen LogP contribution is -2.40. The van der Waals surface area contributed by atoms with Crippen LogP contribution in [0.4, 0.5) is 4.79 Å². The monoisotopic (exact) mass is 298 g/mol. The molecule has 0 aromatic carbocycles. The topological polar surface area (TPSA) is 41.6 Å². The molecule has 4 nitrogen and oxygen atoms in total. The first-order chi connectivity index (χ1) is 9.92. The molecule has 1 saturated carbocycles. The van der Waals surface area contributed by atoms with E-state index in [0.717, 1.165) is 25.6 Å². The van der Waals surface area contributed by atoms with Crippen molar-refractivity contribution in [2.45, 2.75) is 71.8 Å². The smallest absolute Gasteiger partial charge is 0.410 e. The van der Waals surface area contributed by atoms with Crippen LogP contribution in [0.15, 0.2) is 0 Å². The van der Waals surface area contributed by atoms with E-state index in [-0.39, 0.29) is 6.09 Å². The third-order valence-corrected chi connectivity index (χ3v) is 4.05. The molecule has 0 aromatic heterocycles. The molecule has 4 heteroatoms. The van der Waals surface area contributed by atoms with E-state index in [1.54, 1.807) is 4.90 Å². The highest BCUT2D eigenvalue weighted by Gasteiger charge is 2.20. The highest BCUT2D eigenvalue weighted by molar-refractivity contribution is 5.68. The number of likely N-dealkylation sites (N-methyl/N-ethyl adjacent to an activating group) is 1. The van der Waals surface area contributed by atoms with E-state index in [2.05, 4.69) is 5.32 Å². The molecule has 0 aliphatic heterocycles. The van der Waals surface area contributed by atoms with E-state index in [1.165, 1.54) is 38.5 Å². The lowest BCUT2D eigenvalue weighted by molar-refractivity contribution is 0.0262. The summed E-state index contributed by atoms with van der Waals surface area (Å²) in [6.07, 6.45) is 8.12. The fourth-order valence-corrected chi connectivity index (χ4v) is 2.83. The molecule has 0 radical (unpaired) electrons. The van der Waals surface area contributed by atoms with E-state index in [0.29, 0.717) is 6.54 Å². The van der Waals surface area contributed by atoms with Gasteiger partial charge in [0.05, 0.1) is 0 Å². The van der Waals surface area contributed by atoms with Crippen molar-refractivity contribution in [1.82, 2.24) is 10.2 Å². The Hall–Kier alpha value is -0.770. The molecule has 21 heavy (non-hydrogen) atoms. The van der Waals surface area contributed by atoms with Crippen LogP contribution in [0, 0.1) is 5.92 Å². The molecule has 0 unspecified atom stereocenters. The maximum atomic E-state index is 12.0. The van der Waals surface area contributed by atoms with E-state index in [4.69, 9.17) is 4.74 Å². The molecular formula is C17H34N2O2. The fourth-order valence-electron chi connectivity index (χ4n) is 2.83. The first kappa shape index (κ1) is 18.3. The third-order valence-electron chi connectivity index (χ3n) is 4.05. The lowest BCUT2D eigenvalue weighted by atomic mass is 9.87. The standard InChI is InChI=1S/C17H34N2O2/c1-5-19(16(20)21-17(2,3)4)14-13-18-12-11-15-9-7-6-8-10-15/h15,18H,5-14H2,1-4H3. The molecule has 0 atom stereocenters.